The number of anilines is 2. The maximum Gasteiger partial charge on any atom is 0.228 e. The van der Waals surface area contributed by atoms with Crippen LogP contribution in [0, 0.1) is 12.8 Å². The topological polar surface area (TPSA) is 75.9 Å². The Labute approximate surface area is 183 Å². The molecule has 7 heteroatoms. The van der Waals surface area contributed by atoms with E-state index in [-0.39, 0.29) is 18.0 Å². The van der Waals surface area contributed by atoms with Crippen molar-refractivity contribution in [3.8, 4) is 0 Å². The van der Waals surface area contributed by atoms with E-state index in [1.807, 2.05) is 40.8 Å². The average molecular weight is 419 g/mol. The van der Waals surface area contributed by atoms with Crippen LogP contribution in [-0.4, -0.2) is 31.7 Å². The van der Waals surface area contributed by atoms with Gasteiger partial charge in [0.1, 0.15) is 5.82 Å². The number of hydrogen-bond acceptors (Lipinski definition) is 5. The van der Waals surface area contributed by atoms with E-state index in [0.29, 0.717) is 24.1 Å². The molecule has 1 aliphatic heterocycles. The van der Waals surface area contributed by atoms with Crippen LogP contribution in [0.3, 0.4) is 0 Å². The molecule has 2 aromatic heterocycles. The number of aromatic nitrogens is 4. The monoisotopic (exact) mass is 418 g/mol. The third-order valence-corrected chi connectivity index (χ3v) is 5.90. The van der Waals surface area contributed by atoms with Crippen LogP contribution in [0.2, 0.25) is 0 Å². The summed E-state index contributed by atoms with van der Waals surface area (Å²) in [5.74, 6) is 1.70. The minimum absolute atomic E-state index is 0.0186. The lowest BCUT2D eigenvalue weighted by Gasteiger charge is -2.27. The van der Waals surface area contributed by atoms with Crippen LogP contribution >= 0.6 is 0 Å². The first kappa shape index (κ1) is 21.0. The van der Waals surface area contributed by atoms with Crippen molar-refractivity contribution in [3.63, 3.8) is 0 Å². The van der Waals surface area contributed by atoms with Crippen LogP contribution in [0.4, 0.5) is 11.8 Å². The number of carbonyl (C=O) groups excluding carboxylic acids is 1. The molecule has 3 aromatic rings. The number of nitrogens with zero attached hydrogens (tertiary/aromatic N) is 5. The Hall–Kier alpha value is -3.22. The molecule has 1 amide bonds. The lowest BCUT2D eigenvalue weighted by Crippen LogP contribution is -2.37. The Morgan fingerprint density at radius 2 is 1.94 bits per heavy atom. The van der Waals surface area contributed by atoms with E-state index in [9.17, 15) is 4.79 Å². The lowest BCUT2D eigenvalue weighted by molar-refractivity contribution is -0.117. The summed E-state index contributed by atoms with van der Waals surface area (Å²) in [5.41, 5.74) is 3.28. The largest absolute Gasteiger partial charge is 0.348 e. The van der Waals surface area contributed by atoms with Crippen molar-refractivity contribution in [2.45, 2.75) is 59.2 Å². The summed E-state index contributed by atoms with van der Waals surface area (Å²) in [5, 5.41) is 8.06. The zero-order chi connectivity index (χ0) is 22.0. The fourth-order valence-electron chi connectivity index (χ4n) is 4.27. The molecule has 162 valence electrons. The van der Waals surface area contributed by atoms with Crippen molar-refractivity contribution >= 4 is 17.7 Å². The summed E-state index contributed by atoms with van der Waals surface area (Å²) in [6, 6.07) is 12.3. The normalized spacial score (nSPS) is 17.4. The number of hydrogen-bond donors (Lipinski definition) is 1. The maximum absolute atomic E-state index is 12.5. The molecule has 1 saturated heterocycles. The Morgan fingerprint density at radius 3 is 2.68 bits per heavy atom. The lowest BCUT2D eigenvalue weighted by atomic mass is 10.0. The van der Waals surface area contributed by atoms with E-state index >= 15 is 0 Å². The molecule has 0 bridgehead atoms. The average Bonchev–Trinajstić information content (AvgIpc) is 3.31. The molecule has 7 nitrogen and oxygen atoms in total. The van der Waals surface area contributed by atoms with Gasteiger partial charge >= 0.3 is 0 Å². The standard InChI is InChI=1S/C24H30N6O/c1-16(2)21-10-11-23(31)30(21)22-12-13-25-24(27-22)26-17(3)20-15-29(28-18(20)4)14-19-8-6-5-7-9-19/h5-9,12-13,15-17,21H,10-11,14H2,1-4H3,(H,25,26,27)/t17-,21+/m0/s1. The summed E-state index contributed by atoms with van der Waals surface area (Å²) in [4.78, 5) is 23.4. The highest BCUT2D eigenvalue weighted by atomic mass is 16.2. The second kappa shape index (κ2) is 8.88. The maximum atomic E-state index is 12.5. The Bertz CT molecular complexity index is 1050. The SMILES string of the molecule is Cc1nn(Cc2ccccc2)cc1[C@H](C)Nc1nccc(N2C(=O)CC[C@@H]2C(C)C)n1. The molecule has 0 spiro atoms. The first-order valence-electron chi connectivity index (χ1n) is 10.9. The van der Waals surface area contributed by atoms with Crippen molar-refractivity contribution in [2.75, 3.05) is 10.2 Å². The van der Waals surface area contributed by atoms with Gasteiger partial charge in [0.2, 0.25) is 11.9 Å². The van der Waals surface area contributed by atoms with Gasteiger partial charge in [-0.25, -0.2) is 4.98 Å². The van der Waals surface area contributed by atoms with Crippen molar-refractivity contribution < 1.29 is 4.79 Å². The molecule has 0 unspecified atom stereocenters. The van der Waals surface area contributed by atoms with Crippen LogP contribution in [0.5, 0.6) is 0 Å². The summed E-state index contributed by atoms with van der Waals surface area (Å²) in [6.45, 7) is 9.12. The molecule has 31 heavy (non-hydrogen) atoms. The second-order valence-corrected chi connectivity index (χ2v) is 8.57. The Morgan fingerprint density at radius 1 is 1.16 bits per heavy atom. The van der Waals surface area contributed by atoms with Crippen LogP contribution in [0.25, 0.3) is 0 Å². The zero-order valence-corrected chi connectivity index (χ0v) is 18.6. The fraction of sp³-hybridized carbons (Fsp3) is 0.417. The van der Waals surface area contributed by atoms with Crippen molar-refractivity contribution in [3.05, 3.63) is 65.6 Å². The van der Waals surface area contributed by atoms with E-state index in [1.54, 1.807) is 6.20 Å². The van der Waals surface area contributed by atoms with Gasteiger partial charge in [0.05, 0.1) is 18.3 Å². The van der Waals surface area contributed by atoms with Gasteiger partial charge in [0.15, 0.2) is 0 Å². The number of nitrogens with one attached hydrogen (secondary N) is 1. The molecule has 1 aliphatic rings. The second-order valence-electron chi connectivity index (χ2n) is 8.57. The van der Waals surface area contributed by atoms with Crippen molar-refractivity contribution in [1.29, 1.82) is 0 Å². The van der Waals surface area contributed by atoms with Gasteiger partial charge in [-0.1, -0.05) is 44.2 Å². The summed E-state index contributed by atoms with van der Waals surface area (Å²) >= 11 is 0. The third-order valence-electron chi connectivity index (χ3n) is 5.90. The molecular formula is C24H30N6O. The first-order chi connectivity index (χ1) is 14.9. The molecule has 1 N–H and O–H groups in total. The highest BCUT2D eigenvalue weighted by molar-refractivity contribution is 5.95. The Kier molecular flexibility index (Phi) is 6.02. The van der Waals surface area contributed by atoms with Gasteiger partial charge in [-0.15, -0.1) is 0 Å². The van der Waals surface area contributed by atoms with E-state index in [2.05, 4.69) is 59.5 Å². The van der Waals surface area contributed by atoms with Gasteiger partial charge in [-0.2, -0.15) is 10.1 Å². The smallest absolute Gasteiger partial charge is 0.228 e. The van der Waals surface area contributed by atoms with Crippen LogP contribution in [-0.2, 0) is 11.3 Å². The molecule has 4 rings (SSSR count). The third kappa shape index (κ3) is 4.60. The summed E-state index contributed by atoms with van der Waals surface area (Å²) in [6.07, 6.45) is 5.24. The molecule has 0 radical (unpaired) electrons. The van der Waals surface area contributed by atoms with E-state index in [0.717, 1.165) is 24.2 Å². The molecule has 1 aromatic carbocycles. The minimum atomic E-state index is -0.0186. The number of rotatable bonds is 7. The van der Waals surface area contributed by atoms with Crippen LogP contribution < -0.4 is 10.2 Å². The van der Waals surface area contributed by atoms with Gasteiger partial charge in [0, 0.05) is 30.4 Å². The van der Waals surface area contributed by atoms with E-state index in [1.165, 1.54) is 5.56 Å². The molecule has 2 atom stereocenters. The predicted molar refractivity (Wildman–Crippen MR) is 122 cm³/mol. The van der Waals surface area contributed by atoms with E-state index < -0.39 is 0 Å². The molecule has 1 fully saturated rings. The number of amides is 1. The number of carbonyl (C=O) groups is 1. The quantitative estimate of drug-likeness (QED) is 0.617. The fourth-order valence-corrected chi connectivity index (χ4v) is 4.27. The van der Waals surface area contributed by atoms with Gasteiger partial charge in [-0.3, -0.25) is 14.4 Å². The van der Waals surface area contributed by atoms with Gasteiger partial charge < -0.3 is 5.32 Å². The number of benzene rings is 1. The van der Waals surface area contributed by atoms with Crippen LogP contribution in [0.15, 0.2) is 48.8 Å². The van der Waals surface area contributed by atoms with Gasteiger partial charge in [0.25, 0.3) is 0 Å². The number of aryl methyl sites for hydroxylation is 1. The summed E-state index contributed by atoms with van der Waals surface area (Å²) in [7, 11) is 0. The predicted octanol–water partition coefficient (Wildman–Crippen LogP) is 4.35. The Balaban J connectivity index is 1.50. The first-order valence-corrected chi connectivity index (χ1v) is 10.9. The van der Waals surface area contributed by atoms with Gasteiger partial charge in [-0.05, 0) is 37.8 Å². The van der Waals surface area contributed by atoms with Crippen molar-refractivity contribution in [2.24, 2.45) is 5.92 Å². The highest BCUT2D eigenvalue weighted by Gasteiger charge is 2.35. The molecule has 0 aliphatic carbocycles. The molecular weight excluding hydrogens is 388 g/mol. The summed E-state index contributed by atoms with van der Waals surface area (Å²) < 4.78 is 1.96. The minimum Gasteiger partial charge on any atom is -0.348 e. The van der Waals surface area contributed by atoms with E-state index in [4.69, 9.17) is 0 Å². The zero-order valence-electron chi connectivity index (χ0n) is 18.6. The van der Waals surface area contributed by atoms with Crippen molar-refractivity contribution in [1.82, 2.24) is 19.7 Å². The molecule has 3 heterocycles. The molecule has 0 saturated carbocycles. The van der Waals surface area contributed by atoms with Crippen LogP contribution in [0.1, 0.15) is 56.5 Å². The highest BCUT2D eigenvalue weighted by Crippen LogP contribution is 2.30.